The van der Waals surface area contributed by atoms with Crippen LogP contribution in [0.15, 0.2) is 24.4 Å². The Balaban J connectivity index is 2.09. The van der Waals surface area contributed by atoms with Crippen molar-refractivity contribution >= 4 is 23.5 Å². The molecule has 2 aromatic rings. The van der Waals surface area contributed by atoms with Crippen molar-refractivity contribution in [2.45, 2.75) is 45.8 Å². The number of pyridine rings is 1. The third-order valence-corrected chi connectivity index (χ3v) is 4.66. The monoisotopic (exact) mass is 287 g/mol. The summed E-state index contributed by atoms with van der Waals surface area (Å²) in [6, 6.07) is 4.99. The number of aryl methyl sites for hydroxylation is 1. The third-order valence-electron chi connectivity index (χ3n) is 4.66. The van der Waals surface area contributed by atoms with Gasteiger partial charge in [0.15, 0.2) is 0 Å². The summed E-state index contributed by atoms with van der Waals surface area (Å²) in [6.07, 6.45) is 1.66. The van der Waals surface area contributed by atoms with Crippen LogP contribution in [0.1, 0.15) is 33.3 Å². The van der Waals surface area contributed by atoms with Crippen LogP contribution in [0, 0.1) is 12.7 Å². The quantitative estimate of drug-likeness (QED) is 0.756. The fraction of sp³-hybridized carbons (Fsp3) is 0.438. The van der Waals surface area contributed by atoms with E-state index in [2.05, 4.69) is 4.98 Å². The van der Waals surface area contributed by atoms with Crippen LogP contribution in [0.25, 0.3) is 10.9 Å². The van der Waals surface area contributed by atoms with Crippen molar-refractivity contribution in [3.8, 4) is 0 Å². The number of benzene rings is 1. The second-order valence-corrected chi connectivity index (χ2v) is 6.56. The van der Waals surface area contributed by atoms with Gasteiger partial charge in [0.05, 0.1) is 11.2 Å². The molecule has 0 aliphatic carbocycles. The van der Waals surface area contributed by atoms with Crippen molar-refractivity contribution in [2.24, 2.45) is 0 Å². The lowest BCUT2D eigenvalue weighted by Gasteiger charge is -2.32. The van der Waals surface area contributed by atoms with Gasteiger partial charge in [-0.05, 0) is 46.2 Å². The molecule has 5 heteroatoms. The number of nitrogens with zero attached hydrogens (tertiary/aromatic N) is 1. The first-order valence-electron chi connectivity index (χ1n) is 7.12. The first-order chi connectivity index (χ1) is 9.73. The molecule has 0 radical (unpaired) electrons. The lowest BCUT2D eigenvalue weighted by atomic mass is 9.76. The van der Waals surface area contributed by atoms with Crippen molar-refractivity contribution < 1.29 is 13.7 Å². The number of halogens is 1. The number of hydrogen-bond donors (Lipinski definition) is 0. The summed E-state index contributed by atoms with van der Waals surface area (Å²) in [5.41, 5.74) is 1.38. The maximum Gasteiger partial charge on any atom is 0.496 e. The Kier molecular flexibility index (Phi) is 3.12. The smallest absolute Gasteiger partial charge is 0.399 e. The second kappa shape index (κ2) is 4.52. The van der Waals surface area contributed by atoms with E-state index in [4.69, 9.17) is 9.31 Å². The highest BCUT2D eigenvalue weighted by molar-refractivity contribution is 6.62. The predicted octanol–water partition coefficient (Wildman–Crippen LogP) is 2.98. The molecule has 0 bridgehead atoms. The topological polar surface area (TPSA) is 31.4 Å². The van der Waals surface area contributed by atoms with E-state index in [9.17, 15) is 4.39 Å². The molecule has 0 spiro atoms. The molecule has 1 aromatic heterocycles. The van der Waals surface area contributed by atoms with Gasteiger partial charge in [0, 0.05) is 17.0 Å². The highest BCUT2D eigenvalue weighted by Crippen LogP contribution is 2.36. The summed E-state index contributed by atoms with van der Waals surface area (Å²) >= 11 is 0. The minimum absolute atomic E-state index is 0.309. The van der Waals surface area contributed by atoms with E-state index < -0.39 is 18.3 Å². The lowest BCUT2D eigenvalue weighted by molar-refractivity contribution is 0.00578. The number of para-hydroxylation sites is 1. The summed E-state index contributed by atoms with van der Waals surface area (Å²) in [7, 11) is -0.477. The van der Waals surface area contributed by atoms with Crippen LogP contribution in [-0.4, -0.2) is 23.3 Å². The SMILES string of the molecule is Cc1c(B2OC(C)(C)C(C)(C)O2)cnc2c(F)cccc12. The van der Waals surface area contributed by atoms with Gasteiger partial charge >= 0.3 is 7.12 Å². The zero-order chi connectivity index (χ0) is 15.4. The zero-order valence-corrected chi connectivity index (χ0v) is 13.0. The number of rotatable bonds is 1. The van der Waals surface area contributed by atoms with Crippen molar-refractivity contribution in [1.29, 1.82) is 0 Å². The minimum atomic E-state index is -0.477. The average Bonchev–Trinajstić information content (AvgIpc) is 2.60. The Hall–Kier alpha value is -1.46. The molecule has 0 N–H and O–H groups in total. The van der Waals surface area contributed by atoms with Gasteiger partial charge in [-0.25, -0.2) is 4.39 Å². The second-order valence-electron chi connectivity index (χ2n) is 6.56. The molecule has 0 amide bonds. The summed E-state index contributed by atoms with van der Waals surface area (Å²) < 4.78 is 25.9. The first-order valence-corrected chi connectivity index (χ1v) is 7.12. The minimum Gasteiger partial charge on any atom is -0.399 e. The fourth-order valence-corrected chi connectivity index (χ4v) is 2.54. The van der Waals surface area contributed by atoms with Crippen LogP contribution in [0.3, 0.4) is 0 Å². The third kappa shape index (κ3) is 2.15. The molecule has 21 heavy (non-hydrogen) atoms. The van der Waals surface area contributed by atoms with E-state index in [1.165, 1.54) is 6.07 Å². The van der Waals surface area contributed by atoms with Gasteiger partial charge in [0.1, 0.15) is 11.3 Å². The van der Waals surface area contributed by atoms with Gasteiger partial charge in [-0.2, -0.15) is 0 Å². The van der Waals surface area contributed by atoms with Crippen LogP contribution in [0.5, 0.6) is 0 Å². The molecule has 1 fully saturated rings. The highest BCUT2D eigenvalue weighted by Gasteiger charge is 2.52. The first kappa shape index (κ1) is 14.5. The molecule has 1 aromatic carbocycles. The van der Waals surface area contributed by atoms with Crippen molar-refractivity contribution in [1.82, 2.24) is 4.98 Å². The Morgan fingerprint density at radius 2 is 1.71 bits per heavy atom. The zero-order valence-electron chi connectivity index (χ0n) is 13.0. The van der Waals surface area contributed by atoms with Gasteiger partial charge in [-0.3, -0.25) is 4.98 Å². The maximum atomic E-state index is 13.8. The Bertz CT molecular complexity index is 699. The van der Waals surface area contributed by atoms with Crippen LogP contribution in [0.4, 0.5) is 4.39 Å². The molecule has 0 atom stereocenters. The average molecular weight is 287 g/mol. The molecule has 2 heterocycles. The Morgan fingerprint density at radius 3 is 2.33 bits per heavy atom. The maximum absolute atomic E-state index is 13.8. The molecular formula is C16H19BFNO2. The molecule has 1 aliphatic heterocycles. The van der Waals surface area contributed by atoms with Gasteiger partial charge in [0.2, 0.25) is 0 Å². The number of hydrogen-bond acceptors (Lipinski definition) is 3. The lowest BCUT2D eigenvalue weighted by Crippen LogP contribution is -2.41. The normalized spacial score (nSPS) is 20.2. The van der Waals surface area contributed by atoms with Gasteiger partial charge in [0.25, 0.3) is 0 Å². The Morgan fingerprint density at radius 1 is 1.10 bits per heavy atom. The Labute approximate surface area is 124 Å². The standard InChI is InChI=1S/C16H19BFNO2/c1-10-11-7-6-8-13(18)14(11)19-9-12(10)17-20-15(2,3)16(4,5)21-17/h6-9H,1-5H3. The molecule has 1 aliphatic rings. The van der Waals surface area contributed by atoms with E-state index in [0.29, 0.717) is 5.52 Å². The summed E-state index contributed by atoms with van der Waals surface area (Å²) in [6.45, 7) is 9.99. The summed E-state index contributed by atoms with van der Waals surface area (Å²) in [5, 5.41) is 0.794. The van der Waals surface area contributed by atoms with Crippen LogP contribution < -0.4 is 5.46 Å². The number of aromatic nitrogens is 1. The van der Waals surface area contributed by atoms with Gasteiger partial charge in [-0.1, -0.05) is 12.1 Å². The summed E-state index contributed by atoms with van der Waals surface area (Å²) in [5.74, 6) is -0.309. The molecule has 3 nitrogen and oxygen atoms in total. The van der Waals surface area contributed by atoms with Crippen LogP contribution in [-0.2, 0) is 9.31 Å². The summed E-state index contributed by atoms with van der Waals surface area (Å²) in [4.78, 5) is 4.25. The number of fused-ring (bicyclic) bond motifs is 1. The predicted molar refractivity (Wildman–Crippen MR) is 82.2 cm³/mol. The van der Waals surface area contributed by atoms with Crippen LogP contribution >= 0.6 is 0 Å². The molecule has 110 valence electrons. The van der Waals surface area contributed by atoms with E-state index in [1.807, 2.05) is 40.7 Å². The molecule has 0 unspecified atom stereocenters. The van der Waals surface area contributed by atoms with Crippen molar-refractivity contribution in [3.05, 3.63) is 35.8 Å². The molecule has 0 saturated carbocycles. The van der Waals surface area contributed by atoms with Gasteiger partial charge < -0.3 is 9.31 Å². The van der Waals surface area contributed by atoms with E-state index in [0.717, 1.165) is 16.4 Å². The van der Waals surface area contributed by atoms with Gasteiger partial charge in [-0.15, -0.1) is 0 Å². The largest absolute Gasteiger partial charge is 0.496 e. The van der Waals surface area contributed by atoms with E-state index in [1.54, 1.807) is 12.3 Å². The van der Waals surface area contributed by atoms with Crippen molar-refractivity contribution in [2.75, 3.05) is 0 Å². The molecular weight excluding hydrogens is 268 g/mol. The van der Waals surface area contributed by atoms with E-state index >= 15 is 0 Å². The van der Waals surface area contributed by atoms with Crippen molar-refractivity contribution in [3.63, 3.8) is 0 Å². The molecule has 1 saturated heterocycles. The van der Waals surface area contributed by atoms with Crippen LogP contribution in [0.2, 0.25) is 0 Å². The molecule has 3 rings (SSSR count). The fourth-order valence-electron chi connectivity index (χ4n) is 2.54. The van der Waals surface area contributed by atoms with E-state index in [-0.39, 0.29) is 5.82 Å². The highest BCUT2D eigenvalue weighted by atomic mass is 19.1.